The second kappa shape index (κ2) is 6.57. The number of hydrogen-bond acceptors (Lipinski definition) is 2. The fraction of sp³-hybridized carbons (Fsp3) is 0.647. The van der Waals surface area contributed by atoms with Crippen LogP contribution >= 0.6 is 0 Å². The van der Waals surface area contributed by atoms with Gasteiger partial charge in [0.1, 0.15) is 6.10 Å². The van der Waals surface area contributed by atoms with Crippen molar-refractivity contribution in [2.75, 3.05) is 6.54 Å². The van der Waals surface area contributed by atoms with Crippen LogP contribution in [0, 0.1) is 24.6 Å². The lowest BCUT2D eigenvalue weighted by Gasteiger charge is -2.40. The number of benzene rings is 1. The van der Waals surface area contributed by atoms with Crippen LogP contribution in [0.5, 0.6) is 5.75 Å². The summed E-state index contributed by atoms with van der Waals surface area (Å²) in [4.78, 5) is 0. The van der Waals surface area contributed by atoms with Gasteiger partial charge in [-0.15, -0.1) is 0 Å². The Morgan fingerprint density at radius 2 is 2.05 bits per heavy atom. The van der Waals surface area contributed by atoms with Gasteiger partial charge in [0.15, 0.2) is 11.6 Å². The Labute approximate surface area is 121 Å². The van der Waals surface area contributed by atoms with E-state index in [1.807, 2.05) is 6.92 Å². The maximum atomic E-state index is 13.9. The van der Waals surface area contributed by atoms with E-state index < -0.39 is 0 Å². The maximum Gasteiger partial charge on any atom is 0.165 e. The van der Waals surface area contributed by atoms with Gasteiger partial charge in [-0.1, -0.05) is 26.8 Å². The third-order valence-electron chi connectivity index (χ3n) is 4.20. The van der Waals surface area contributed by atoms with E-state index in [9.17, 15) is 4.39 Å². The number of likely N-dealkylation sites (N-methyl/N-ethyl adjacent to an activating group) is 1. The third-order valence-corrected chi connectivity index (χ3v) is 4.20. The van der Waals surface area contributed by atoms with Gasteiger partial charge in [-0.25, -0.2) is 4.39 Å². The highest BCUT2D eigenvalue weighted by Gasteiger charge is 2.35. The molecule has 1 N–H and O–H groups in total. The van der Waals surface area contributed by atoms with Gasteiger partial charge in [0, 0.05) is 6.04 Å². The van der Waals surface area contributed by atoms with Crippen molar-refractivity contribution in [2.45, 2.75) is 52.7 Å². The van der Waals surface area contributed by atoms with Crippen LogP contribution in [-0.2, 0) is 0 Å². The molecule has 1 fully saturated rings. The van der Waals surface area contributed by atoms with E-state index in [0.717, 1.165) is 24.9 Å². The Balaban J connectivity index is 2.17. The number of nitrogens with one attached hydrogen (secondary N) is 1. The molecule has 0 saturated heterocycles. The average molecular weight is 279 g/mol. The van der Waals surface area contributed by atoms with Gasteiger partial charge < -0.3 is 10.1 Å². The lowest BCUT2D eigenvalue weighted by atomic mass is 9.78. The van der Waals surface area contributed by atoms with Crippen LogP contribution < -0.4 is 10.1 Å². The molecular formula is C17H26FNO. The molecule has 1 saturated carbocycles. The van der Waals surface area contributed by atoms with Gasteiger partial charge in [0.05, 0.1) is 0 Å². The van der Waals surface area contributed by atoms with Gasteiger partial charge >= 0.3 is 0 Å². The minimum atomic E-state index is -0.267. The molecule has 2 rings (SSSR count). The van der Waals surface area contributed by atoms with Crippen LogP contribution in [0.3, 0.4) is 0 Å². The van der Waals surface area contributed by atoms with Gasteiger partial charge in [-0.05, 0) is 55.8 Å². The van der Waals surface area contributed by atoms with Crippen molar-refractivity contribution in [3.63, 3.8) is 0 Å². The quantitative estimate of drug-likeness (QED) is 0.902. The van der Waals surface area contributed by atoms with Gasteiger partial charge in [0.2, 0.25) is 0 Å². The Hall–Kier alpha value is -1.09. The van der Waals surface area contributed by atoms with Crippen molar-refractivity contribution >= 4 is 0 Å². The van der Waals surface area contributed by atoms with Crippen LogP contribution in [0.1, 0.15) is 39.2 Å². The molecule has 1 aliphatic carbocycles. The van der Waals surface area contributed by atoms with Gasteiger partial charge in [0.25, 0.3) is 0 Å². The fourth-order valence-corrected chi connectivity index (χ4v) is 3.34. The Morgan fingerprint density at radius 1 is 1.30 bits per heavy atom. The molecule has 1 aromatic carbocycles. The number of aryl methyl sites for hydroxylation is 1. The molecule has 3 heteroatoms. The highest BCUT2D eigenvalue weighted by molar-refractivity contribution is 5.29. The van der Waals surface area contributed by atoms with Crippen LogP contribution in [0.4, 0.5) is 4.39 Å². The molecular weight excluding hydrogens is 253 g/mol. The second-order valence-electron chi connectivity index (χ2n) is 6.23. The summed E-state index contributed by atoms with van der Waals surface area (Å²) < 4.78 is 20.0. The van der Waals surface area contributed by atoms with E-state index >= 15 is 0 Å². The SMILES string of the molecule is CCNC1CC(C)CC(C)C1Oc1cc(C)ccc1F. The van der Waals surface area contributed by atoms with Crippen molar-refractivity contribution in [1.29, 1.82) is 0 Å². The van der Waals surface area contributed by atoms with E-state index in [1.54, 1.807) is 12.1 Å². The minimum Gasteiger partial charge on any atom is -0.485 e. The Bertz CT molecular complexity index is 449. The van der Waals surface area contributed by atoms with E-state index in [4.69, 9.17) is 4.74 Å². The number of ether oxygens (including phenoxy) is 1. The Morgan fingerprint density at radius 3 is 2.75 bits per heavy atom. The predicted octanol–water partition coefficient (Wildman–Crippen LogP) is 3.93. The van der Waals surface area contributed by atoms with Crippen LogP contribution in [0.15, 0.2) is 18.2 Å². The zero-order chi connectivity index (χ0) is 14.7. The molecule has 20 heavy (non-hydrogen) atoms. The molecule has 1 aromatic rings. The Kier molecular flexibility index (Phi) is 5.03. The number of rotatable bonds is 4. The van der Waals surface area contributed by atoms with Crippen LogP contribution in [0.2, 0.25) is 0 Å². The molecule has 0 heterocycles. The van der Waals surface area contributed by atoms with Gasteiger partial charge in [-0.3, -0.25) is 0 Å². The summed E-state index contributed by atoms with van der Waals surface area (Å²) in [5.41, 5.74) is 1.03. The summed E-state index contributed by atoms with van der Waals surface area (Å²) in [6, 6.07) is 5.36. The van der Waals surface area contributed by atoms with Crippen molar-refractivity contribution in [3.05, 3.63) is 29.6 Å². The monoisotopic (exact) mass is 279 g/mol. The van der Waals surface area contributed by atoms with Crippen LogP contribution in [-0.4, -0.2) is 18.7 Å². The first-order valence-electron chi connectivity index (χ1n) is 7.67. The summed E-state index contributed by atoms with van der Waals surface area (Å²) in [6.45, 7) is 9.47. The largest absolute Gasteiger partial charge is 0.485 e. The van der Waals surface area contributed by atoms with Crippen molar-refractivity contribution < 1.29 is 9.13 Å². The standard InChI is InChI=1S/C17H26FNO/c1-5-19-15-9-12(3)8-13(4)17(15)20-16-10-11(2)6-7-14(16)18/h6-7,10,12-13,15,17,19H,5,8-9H2,1-4H3. The van der Waals surface area contributed by atoms with E-state index in [2.05, 4.69) is 26.1 Å². The summed E-state index contributed by atoms with van der Waals surface area (Å²) in [5, 5.41) is 3.50. The molecule has 0 radical (unpaired) electrons. The predicted molar refractivity (Wildman–Crippen MR) is 80.6 cm³/mol. The lowest BCUT2D eigenvalue weighted by molar-refractivity contribution is 0.0454. The maximum absolute atomic E-state index is 13.9. The van der Waals surface area contributed by atoms with E-state index in [0.29, 0.717) is 23.6 Å². The fourth-order valence-electron chi connectivity index (χ4n) is 3.34. The topological polar surface area (TPSA) is 21.3 Å². The molecule has 4 atom stereocenters. The molecule has 1 aliphatic rings. The highest BCUT2D eigenvalue weighted by Crippen LogP contribution is 2.33. The number of hydrogen-bond donors (Lipinski definition) is 1. The van der Waals surface area contributed by atoms with Crippen molar-refractivity contribution in [2.24, 2.45) is 11.8 Å². The molecule has 2 nitrogen and oxygen atoms in total. The molecule has 0 amide bonds. The first kappa shape index (κ1) is 15.3. The molecule has 0 bridgehead atoms. The normalized spacial score (nSPS) is 30.2. The summed E-state index contributed by atoms with van der Waals surface area (Å²) >= 11 is 0. The molecule has 112 valence electrons. The zero-order valence-corrected chi connectivity index (χ0v) is 12.9. The average Bonchev–Trinajstić information content (AvgIpc) is 2.38. The lowest BCUT2D eigenvalue weighted by Crippen LogP contribution is -2.50. The molecule has 0 aliphatic heterocycles. The second-order valence-corrected chi connectivity index (χ2v) is 6.23. The molecule has 0 aromatic heterocycles. The van der Waals surface area contributed by atoms with Gasteiger partial charge in [-0.2, -0.15) is 0 Å². The summed E-state index contributed by atoms with van der Waals surface area (Å²) in [6.07, 6.45) is 2.28. The van der Waals surface area contributed by atoms with E-state index in [1.165, 1.54) is 6.07 Å². The smallest absolute Gasteiger partial charge is 0.165 e. The first-order chi connectivity index (χ1) is 9.51. The molecule has 0 spiro atoms. The number of halogens is 1. The minimum absolute atomic E-state index is 0.0439. The van der Waals surface area contributed by atoms with E-state index in [-0.39, 0.29) is 11.9 Å². The summed E-state index contributed by atoms with van der Waals surface area (Å²) in [7, 11) is 0. The highest BCUT2D eigenvalue weighted by atomic mass is 19.1. The zero-order valence-electron chi connectivity index (χ0n) is 12.9. The van der Waals surface area contributed by atoms with Crippen molar-refractivity contribution in [1.82, 2.24) is 5.32 Å². The van der Waals surface area contributed by atoms with Crippen LogP contribution in [0.25, 0.3) is 0 Å². The summed E-state index contributed by atoms with van der Waals surface area (Å²) in [5.74, 6) is 1.25. The third kappa shape index (κ3) is 3.51. The first-order valence-corrected chi connectivity index (χ1v) is 7.67. The van der Waals surface area contributed by atoms with Crippen molar-refractivity contribution in [3.8, 4) is 5.75 Å². The molecule has 4 unspecified atom stereocenters.